The molecule has 0 saturated carbocycles. The molecule has 1 aliphatic heterocycles. The van der Waals surface area contributed by atoms with Crippen molar-refractivity contribution in [2.45, 2.75) is 19.0 Å². The highest BCUT2D eigenvalue weighted by molar-refractivity contribution is 6.30. The first-order valence-corrected chi connectivity index (χ1v) is 11.8. The molecule has 1 aliphatic rings. The maximum absolute atomic E-state index is 13.7. The quantitative estimate of drug-likeness (QED) is 0.341. The van der Waals surface area contributed by atoms with Gasteiger partial charge in [0.15, 0.2) is 0 Å². The summed E-state index contributed by atoms with van der Waals surface area (Å²) >= 11 is 5.96. The summed E-state index contributed by atoms with van der Waals surface area (Å²) in [5, 5.41) is 3.48. The van der Waals surface area contributed by atoms with Crippen molar-refractivity contribution in [3.63, 3.8) is 0 Å². The van der Waals surface area contributed by atoms with Gasteiger partial charge in [0.1, 0.15) is 23.4 Å². The van der Waals surface area contributed by atoms with E-state index >= 15 is 0 Å². The lowest BCUT2D eigenvalue weighted by molar-refractivity contribution is -0.121. The van der Waals surface area contributed by atoms with E-state index in [1.165, 1.54) is 24.3 Å². The first kappa shape index (κ1) is 23.6. The van der Waals surface area contributed by atoms with E-state index < -0.39 is 6.04 Å². The summed E-state index contributed by atoms with van der Waals surface area (Å²) in [5.74, 6) is -0.0380. The van der Waals surface area contributed by atoms with Gasteiger partial charge in [0.25, 0.3) is 5.91 Å². The Balaban J connectivity index is 1.41. The SMILES string of the molecule is O=C(Nc1ccc(Cl)cc1)[C@H]1Cc2ccccc2CN1C(=O)c1cccc(Oc2ccc(F)cc2)c1. The molecule has 2 amide bonds. The van der Waals surface area contributed by atoms with Crippen molar-refractivity contribution in [3.05, 3.63) is 125 Å². The largest absolute Gasteiger partial charge is 0.457 e. The van der Waals surface area contributed by atoms with E-state index in [0.717, 1.165) is 11.1 Å². The molecule has 0 radical (unpaired) electrons. The third kappa shape index (κ3) is 5.24. The van der Waals surface area contributed by atoms with Gasteiger partial charge < -0.3 is 15.0 Å². The van der Waals surface area contributed by atoms with Crippen LogP contribution in [0, 0.1) is 5.82 Å². The van der Waals surface area contributed by atoms with Crippen molar-refractivity contribution in [3.8, 4) is 11.5 Å². The molecule has 1 atom stereocenters. The molecule has 5 nitrogen and oxygen atoms in total. The molecule has 4 aromatic rings. The summed E-state index contributed by atoms with van der Waals surface area (Å²) < 4.78 is 19.0. The number of carbonyl (C=O) groups excluding carboxylic acids is 2. The number of nitrogens with zero attached hydrogens (tertiary/aromatic N) is 1. The van der Waals surface area contributed by atoms with Gasteiger partial charge in [-0.3, -0.25) is 9.59 Å². The van der Waals surface area contributed by atoms with Crippen LogP contribution in [0.3, 0.4) is 0 Å². The van der Waals surface area contributed by atoms with E-state index in [4.69, 9.17) is 16.3 Å². The minimum atomic E-state index is -0.704. The maximum atomic E-state index is 13.7. The molecule has 0 unspecified atom stereocenters. The zero-order valence-corrected chi connectivity index (χ0v) is 19.9. The van der Waals surface area contributed by atoms with Crippen LogP contribution < -0.4 is 10.1 Å². The average Bonchev–Trinajstić information content (AvgIpc) is 2.90. The molecule has 0 aliphatic carbocycles. The number of carbonyl (C=O) groups is 2. The molecular weight excluding hydrogens is 479 g/mol. The molecule has 0 spiro atoms. The Hall–Kier alpha value is -4.16. The molecule has 1 heterocycles. The smallest absolute Gasteiger partial charge is 0.254 e. The lowest BCUT2D eigenvalue weighted by Crippen LogP contribution is -2.50. The van der Waals surface area contributed by atoms with Crippen LogP contribution in [0.4, 0.5) is 10.1 Å². The average molecular weight is 501 g/mol. The third-order valence-electron chi connectivity index (χ3n) is 6.05. The molecule has 180 valence electrons. The van der Waals surface area contributed by atoms with Crippen LogP contribution in [0.15, 0.2) is 97.1 Å². The fraction of sp³-hybridized carbons (Fsp3) is 0.103. The Morgan fingerprint density at radius 2 is 1.58 bits per heavy atom. The van der Waals surface area contributed by atoms with Crippen molar-refractivity contribution in [2.75, 3.05) is 5.32 Å². The Bertz CT molecular complexity index is 1410. The molecular formula is C29H22ClFN2O3. The molecule has 0 saturated heterocycles. The first-order valence-electron chi connectivity index (χ1n) is 11.4. The van der Waals surface area contributed by atoms with Crippen molar-refractivity contribution < 1.29 is 18.7 Å². The number of ether oxygens (including phenoxy) is 1. The molecule has 0 bridgehead atoms. The third-order valence-corrected chi connectivity index (χ3v) is 6.31. The van der Waals surface area contributed by atoms with Crippen molar-refractivity contribution in [1.82, 2.24) is 4.90 Å². The molecule has 1 N–H and O–H groups in total. The normalized spacial score (nSPS) is 14.6. The van der Waals surface area contributed by atoms with Gasteiger partial charge in [-0.15, -0.1) is 0 Å². The predicted octanol–water partition coefficient (Wildman–Crippen LogP) is 6.48. The fourth-order valence-corrected chi connectivity index (χ4v) is 4.35. The predicted molar refractivity (Wildman–Crippen MR) is 137 cm³/mol. The lowest BCUT2D eigenvalue weighted by Gasteiger charge is -2.36. The molecule has 0 fully saturated rings. The van der Waals surface area contributed by atoms with Crippen LogP contribution in [0.2, 0.25) is 5.02 Å². The van der Waals surface area contributed by atoms with Gasteiger partial charge in [-0.2, -0.15) is 0 Å². The van der Waals surface area contributed by atoms with Crippen LogP contribution in [0.5, 0.6) is 11.5 Å². The highest BCUT2D eigenvalue weighted by Crippen LogP contribution is 2.28. The van der Waals surface area contributed by atoms with Crippen LogP contribution in [-0.2, 0) is 17.8 Å². The van der Waals surface area contributed by atoms with Gasteiger partial charge >= 0.3 is 0 Å². The molecule has 5 rings (SSSR count). The Kier molecular flexibility index (Phi) is 6.69. The minimum absolute atomic E-state index is 0.279. The highest BCUT2D eigenvalue weighted by atomic mass is 35.5. The maximum Gasteiger partial charge on any atom is 0.254 e. The number of anilines is 1. The number of hydrogen-bond acceptors (Lipinski definition) is 3. The number of hydrogen-bond donors (Lipinski definition) is 1. The standard InChI is InChI=1S/C29H22ClFN2O3/c30-22-8-12-24(13-9-22)32-28(34)27-17-19-4-1-2-5-21(19)18-33(27)29(35)20-6-3-7-26(16-20)36-25-14-10-23(31)11-15-25/h1-16,27H,17-18H2,(H,32,34)/t27-/m1/s1. The summed E-state index contributed by atoms with van der Waals surface area (Å²) in [4.78, 5) is 28.6. The second-order valence-electron chi connectivity index (χ2n) is 8.50. The van der Waals surface area contributed by atoms with Crippen molar-refractivity contribution in [1.29, 1.82) is 0 Å². The summed E-state index contributed by atoms with van der Waals surface area (Å²) in [6.07, 6.45) is 0.396. The van der Waals surface area contributed by atoms with E-state index in [1.807, 2.05) is 24.3 Å². The van der Waals surface area contributed by atoms with E-state index in [2.05, 4.69) is 5.32 Å². The molecule has 4 aromatic carbocycles. The van der Waals surface area contributed by atoms with Crippen LogP contribution in [-0.4, -0.2) is 22.8 Å². The van der Waals surface area contributed by atoms with Crippen LogP contribution >= 0.6 is 11.6 Å². The second-order valence-corrected chi connectivity index (χ2v) is 8.94. The Morgan fingerprint density at radius 3 is 2.33 bits per heavy atom. The number of amides is 2. The van der Waals surface area contributed by atoms with Crippen LogP contribution in [0.25, 0.3) is 0 Å². The molecule has 36 heavy (non-hydrogen) atoms. The van der Waals surface area contributed by atoms with Gasteiger partial charge in [-0.05, 0) is 77.9 Å². The van der Waals surface area contributed by atoms with E-state index in [9.17, 15) is 14.0 Å². The lowest BCUT2D eigenvalue weighted by atomic mass is 9.92. The van der Waals surface area contributed by atoms with Gasteiger partial charge in [-0.1, -0.05) is 41.9 Å². The number of fused-ring (bicyclic) bond motifs is 1. The number of rotatable bonds is 5. The van der Waals surface area contributed by atoms with Gasteiger partial charge in [0.2, 0.25) is 5.91 Å². The molecule has 0 aromatic heterocycles. The zero-order valence-electron chi connectivity index (χ0n) is 19.2. The summed E-state index contributed by atoms with van der Waals surface area (Å²) in [7, 11) is 0. The topological polar surface area (TPSA) is 58.6 Å². The first-order chi connectivity index (χ1) is 17.5. The van der Waals surface area contributed by atoms with Gasteiger partial charge in [0.05, 0.1) is 0 Å². The molecule has 7 heteroatoms. The minimum Gasteiger partial charge on any atom is -0.457 e. The van der Waals surface area contributed by atoms with Crippen molar-refractivity contribution >= 4 is 29.1 Å². The monoisotopic (exact) mass is 500 g/mol. The van der Waals surface area contributed by atoms with Crippen molar-refractivity contribution in [2.24, 2.45) is 0 Å². The zero-order chi connectivity index (χ0) is 25.1. The summed E-state index contributed by atoms with van der Waals surface area (Å²) in [6, 6.07) is 26.3. The second kappa shape index (κ2) is 10.2. The van der Waals surface area contributed by atoms with E-state index in [0.29, 0.717) is 40.7 Å². The Morgan fingerprint density at radius 1 is 0.861 bits per heavy atom. The van der Waals surface area contributed by atoms with Crippen LogP contribution in [0.1, 0.15) is 21.5 Å². The summed E-state index contributed by atoms with van der Waals surface area (Å²) in [6.45, 7) is 0.302. The highest BCUT2D eigenvalue weighted by Gasteiger charge is 2.35. The Labute approximate surface area is 213 Å². The summed E-state index contributed by atoms with van der Waals surface area (Å²) in [5.41, 5.74) is 3.02. The number of halogens is 2. The fourth-order valence-electron chi connectivity index (χ4n) is 4.23. The van der Waals surface area contributed by atoms with Gasteiger partial charge in [0, 0.05) is 29.2 Å². The number of benzene rings is 4. The number of nitrogens with one attached hydrogen (secondary N) is 1. The van der Waals surface area contributed by atoms with E-state index in [1.54, 1.807) is 53.4 Å². The van der Waals surface area contributed by atoms with E-state index in [-0.39, 0.29) is 17.6 Å². The van der Waals surface area contributed by atoms with Gasteiger partial charge in [-0.25, -0.2) is 4.39 Å².